The fourth-order valence-electron chi connectivity index (χ4n) is 4.48. The van der Waals surface area contributed by atoms with E-state index in [1.165, 1.54) is 0 Å². The Hall–Kier alpha value is -3.18. The molecule has 3 aromatic rings. The molecular weight excluding hydrogens is 460 g/mol. The minimum Gasteiger partial charge on any atom is -0.493 e. The zero-order chi connectivity index (χ0) is 25.3. The monoisotopic (exact) mass is 492 g/mol. The highest BCUT2D eigenvalue weighted by Gasteiger charge is 2.36. The zero-order valence-electron chi connectivity index (χ0n) is 21.3. The molecule has 0 bridgehead atoms. The third-order valence-electron chi connectivity index (χ3n) is 6.63. The topological polar surface area (TPSA) is 42.0 Å². The Bertz CT molecular complexity index is 1220. The predicted octanol–water partition coefficient (Wildman–Crippen LogP) is 6.58. The van der Waals surface area contributed by atoms with E-state index in [1.807, 2.05) is 86.3 Å². The normalized spacial score (nSPS) is 16.0. The second-order valence-electron chi connectivity index (χ2n) is 9.30. The van der Waals surface area contributed by atoms with Crippen LogP contribution in [0.15, 0.2) is 54.6 Å². The molecule has 5 nitrogen and oxygen atoms in total. The fourth-order valence-corrected chi connectivity index (χ4v) is 4.60. The quantitative estimate of drug-likeness (QED) is 0.373. The van der Waals surface area contributed by atoms with Crippen molar-refractivity contribution >= 4 is 28.9 Å². The Balaban J connectivity index is 1.91. The lowest BCUT2D eigenvalue weighted by molar-refractivity contribution is -0.118. The molecule has 0 spiro atoms. The molecule has 0 N–H and O–H groups in total. The Morgan fingerprint density at radius 2 is 1.80 bits per heavy atom. The number of hydrogen-bond acceptors (Lipinski definition) is 4. The van der Waals surface area contributed by atoms with Crippen LogP contribution in [0.4, 0.5) is 11.4 Å². The highest BCUT2D eigenvalue weighted by Crippen LogP contribution is 2.44. The molecular formula is C29H33ClN2O3. The highest BCUT2D eigenvalue weighted by atomic mass is 35.5. The molecule has 0 saturated heterocycles. The molecule has 0 saturated carbocycles. The van der Waals surface area contributed by atoms with Gasteiger partial charge >= 0.3 is 0 Å². The summed E-state index contributed by atoms with van der Waals surface area (Å²) in [6, 6.07) is 17.7. The lowest BCUT2D eigenvalue weighted by atomic mass is 9.86. The van der Waals surface area contributed by atoms with Crippen molar-refractivity contribution in [3.05, 3.63) is 81.9 Å². The summed E-state index contributed by atoms with van der Waals surface area (Å²) in [6.45, 7) is 6.12. The fraction of sp³-hybridized carbons (Fsp3) is 0.345. The number of carbonyl (C=O) groups excluding carboxylic acids is 1. The van der Waals surface area contributed by atoms with Crippen LogP contribution in [0.25, 0.3) is 0 Å². The molecule has 6 heteroatoms. The van der Waals surface area contributed by atoms with Crippen LogP contribution in [-0.4, -0.2) is 33.2 Å². The maximum Gasteiger partial charge on any atom is 0.232 e. The first-order chi connectivity index (χ1) is 16.7. The largest absolute Gasteiger partial charge is 0.493 e. The van der Waals surface area contributed by atoms with Crippen LogP contribution in [-0.2, 0) is 11.2 Å². The van der Waals surface area contributed by atoms with E-state index in [4.69, 9.17) is 21.1 Å². The van der Waals surface area contributed by atoms with E-state index in [2.05, 4.69) is 13.0 Å². The third kappa shape index (κ3) is 4.96. The number of methoxy groups -OCH3 is 1. The van der Waals surface area contributed by atoms with Crippen molar-refractivity contribution < 1.29 is 14.3 Å². The molecule has 1 heterocycles. The van der Waals surface area contributed by atoms with E-state index in [-0.39, 0.29) is 24.5 Å². The van der Waals surface area contributed by atoms with E-state index in [9.17, 15) is 4.79 Å². The minimum atomic E-state index is -0.322. The average Bonchev–Trinajstić information content (AvgIpc) is 2.84. The second-order valence-corrected chi connectivity index (χ2v) is 9.71. The third-order valence-corrected chi connectivity index (χ3v) is 7.06. The molecule has 4 rings (SSSR count). The Morgan fingerprint density at radius 1 is 1.09 bits per heavy atom. The van der Waals surface area contributed by atoms with Crippen LogP contribution in [0.2, 0.25) is 5.02 Å². The molecule has 1 aliphatic rings. The van der Waals surface area contributed by atoms with Crippen molar-refractivity contribution in [3.8, 4) is 11.5 Å². The molecule has 1 amide bonds. The van der Waals surface area contributed by atoms with Crippen LogP contribution in [0.3, 0.4) is 0 Å². The summed E-state index contributed by atoms with van der Waals surface area (Å²) in [5, 5.41) is 0.702. The van der Waals surface area contributed by atoms with Crippen molar-refractivity contribution in [1.29, 1.82) is 0 Å². The summed E-state index contributed by atoms with van der Waals surface area (Å²) in [7, 11) is 5.64. The smallest absolute Gasteiger partial charge is 0.232 e. The maximum absolute atomic E-state index is 13.6. The summed E-state index contributed by atoms with van der Waals surface area (Å²) in [4.78, 5) is 17.6. The van der Waals surface area contributed by atoms with Crippen molar-refractivity contribution in [3.63, 3.8) is 0 Å². The predicted molar refractivity (Wildman–Crippen MR) is 143 cm³/mol. The number of fused-ring (bicyclic) bond motifs is 1. The minimum absolute atomic E-state index is 0.0327. The van der Waals surface area contributed by atoms with Gasteiger partial charge in [-0.05, 0) is 85.0 Å². The van der Waals surface area contributed by atoms with E-state index >= 15 is 0 Å². The number of benzene rings is 3. The number of nitrogens with zero attached hydrogens (tertiary/aromatic N) is 2. The van der Waals surface area contributed by atoms with E-state index in [0.29, 0.717) is 16.5 Å². The summed E-state index contributed by atoms with van der Waals surface area (Å²) < 4.78 is 11.9. The number of aryl methyl sites for hydroxylation is 1. The summed E-state index contributed by atoms with van der Waals surface area (Å²) in [5.74, 6) is 1.37. The molecule has 0 radical (unpaired) electrons. The molecule has 2 atom stereocenters. The van der Waals surface area contributed by atoms with Crippen molar-refractivity contribution in [2.24, 2.45) is 0 Å². The summed E-state index contributed by atoms with van der Waals surface area (Å²) in [5.41, 5.74) is 5.87. The van der Waals surface area contributed by atoms with Gasteiger partial charge in [-0.1, -0.05) is 30.7 Å². The molecule has 1 unspecified atom stereocenters. The van der Waals surface area contributed by atoms with Crippen LogP contribution in [0.1, 0.15) is 48.6 Å². The Labute approximate surface area is 213 Å². The van der Waals surface area contributed by atoms with Gasteiger partial charge in [0.15, 0.2) is 11.5 Å². The Kier molecular flexibility index (Phi) is 7.27. The zero-order valence-corrected chi connectivity index (χ0v) is 22.0. The lowest BCUT2D eigenvalue weighted by Crippen LogP contribution is -2.41. The number of rotatable bonds is 7. The summed E-state index contributed by atoms with van der Waals surface area (Å²) in [6.07, 6.45) is 1.20. The molecule has 0 fully saturated rings. The number of anilines is 2. The van der Waals surface area contributed by atoms with E-state index in [0.717, 1.165) is 40.0 Å². The van der Waals surface area contributed by atoms with Gasteiger partial charge in [0.2, 0.25) is 5.91 Å². The molecule has 1 aliphatic heterocycles. The van der Waals surface area contributed by atoms with Gasteiger partial charge in [0.05, 0.1) is 25.7 Å². The van der Waals surface area contributed by atoms with Gasteiger partial charge in [0.1, 0.15) is 0 Å². The average molecular weight is 493 g/mol. The molecule has 35 heavy (non-hydrogen) atoms. The molecule has 3 aromatic carbocycles. The first-order valence-corrected chi connectivity index (χ1v) is 12.3. The van der Waals surface area contributed by atoms with Crippen LogP contribution < -0.4 is 19.3 Å². The van der Waals surface area contributed by atoms with Crippen molar-refractivity contribution in [2.75, 3.05) is 31.0 Å². The van der Waals surface area contributed by atoms with Gasteiger partial charge in [-0.15, -0.1) is 0 Å². The van der Waals surface area contributed by atoms with Crippen LogP contribution >= 0.6 is 11.6 Å². The highest BCUT2D eigenvalue weighted by molar-refractivity contribution is 6.31. The van der Waals surface area contributed by atoms with Gasteiger partial charge in [-0.25, -0.2) is 0 Å². The molecule has 0 aromatic heterocycles. The maximum atomic E-state index is 13.6. The summed E-state index contributed by atoms with van der Waals surface area (Å²) >= 11 is 6.37. The van der Waals surface area contributed by atoms with Gasteiger partial charge in [0.25, 0.3) is 0 Å². The number of amides is 1. The van der Waals surface area contributed by atoms with Gasteiger partial charge < -0.3 is 19.3 Å². The second kappa shape index (κ2) is 10.2. The van der Waals surface area contributed by atoms with Crippen LogP contribution in [0.5, 0.6) is 11.5 Å². The molecule has 184 valence electrons. The van der Waals surface area contributed by atoms with Crippen LogP contribution in [0, 0.1) is 6.92 Å². The van der Waals surface area contributed by atoms with E-state index in [1.54, 1.807) is 7.11 Å². The number of carbonyl (C=O) groups is 1. The first kappa shape index (κ1) is 24.9. The van der Waals surface area contributed by atoms with Crippen molar-refractivity contribution in [1.82, 2.24) is 0 Å². The van der Waals surface area contributed by atoms with Gasteiger partial charge in [-0.2, -0.15) is 0 Å². The number of ether oxygens (including phenoxy) is 2. The van der Waals surface area contributed by atoms with E-state index < -0.39 is 0 Å². The van der Waals surface area contributed by atoms with Crippen molar-refractivity contribution in [2.45, 2.75) is 45.8 Å². The number of hydrogen-bond donors (Lipinski definition) is 0. The SMILES string of the molecule is CC[C@@H](C)Oc1cc2c(cc1OC)CC(=O)N(c1ccc(N(C)C)cc1)C2c1ccc(Cl)c(C)c1. The lowest BCUT2D eigenvalue weighted by Gasteiger charge is -2.38. The number of halogens is 1. The van der Waals surface area contributed by atoms with Gasteiger partial charge in [-0.3, -0.25) is 4.79 Å². The molecule has 0 aliphatic carbocycles. The standard InChI is InChI=1S/C29H33ClN2O3/c1-7-19(3)35-27-17-24-21(15-26(27)34-6)16-28(33)32(23-11-9-22(10-12-23)31(4)5)29(24)20-8-13-25(30)18(2)14-20/h8-15,17,19,29H,7,16H2,1-6H3/t19-,29?/m1/s1. The first-order valence-electron chi connectivity index (χ1n) is 12.0. The van der Waals surface area contributed by atoms with Gasteiger partial charge in [0, 0.05) is 30.5 Å². The Morgan fingerprint density at radius 3 is 2.40 bits per heavy atom.